The van der Waals surface area contributed by atoms with Crippen molar-refractivity contribution in [1.29, 1.82) is 0 Å². The molecule has 2 aliphatic rings. The van der Waals surface area contributed by atoms with Gasteiger partial charge < -0.3 is 14.8 Å². The highest BCUT2D eigenvalue weighted by Gasteiger charge is 2.39. The SMILES string of the molecule is COC(=O)C1=C(C)NC(C)=C(C(=O)OC2CN(C)Cc3ccccc32)C1c1cccc([N+](=O)[O-])c1. The second-order valence-corrected chi connectivity index (χ2v) is 8.77. The maximum Gasteiger partial charge on any atom is 0.337 e. The number of allylic oxidation sites excluding steroid dienone is 2. The highest BCUT2D eigenvalue weighted by Crippen LogP contribution is 2.41. The van der Waals surface area contributed by atoms with Gasteiger partial charge in [-0.05, 0) is 37.6 Å². The first-order chi connectivity index (χ1) is 16.7. The van der Waals surface area contributed by atoms with Crippen LogP contribution in [-0.2, 0) is 25.6 Å². The van der Waals surface area contributed by atoms with E-state index in [9.17, 15) is 19.7 Å². The van der Waals surface area contributed by atoms with Gasteiger partial charge in [0.2, 0.25) is 0 Å². The Labute approximate surface area is 203 Å². The maximum atomic E-state index is 13.7. The Balaban J connectivity index is 1.78. The highest BCUT2D eigenvalue weighted by atomic mass is 16.6. The first kappa shape index (κ1) is 24.2. The van der Waals surface area contributed by atoms with E-state index in [-0.39, 0.29) is 16.8 Å². The van der Waals surface area contributed by atoms with Gasteiger partial charge in [0.25, 0.3) is 5.69 Å². The van der Waals surface area contributed by atoms with E-state index < -0.39 is 28.9 Å². The molecule has 0 saturated heterocycles. The zero-order valence-electron chi connectivity index (χ0n) is 20.0. The number of hydrogen-bond acceptors (Lipinski definition) is 8. The van der Waals surface area contributed by atoms with Crippen molar-refractivity contribution in [2.24, 2.45) is 0 Å². The summed E-state index contributed by atoms with van der Waals surface area (Å²) < 4.78 is 11.0. The minimum absolute atomic E-state index is 0.142. The Morgan fingerprint density at radius 3 is 2.43 bits per heavy atom. The number of fused-ring (bicyclic) bond motifs is 1. The van der Waals surface area contributed by atoms with E-state index in [1.807, 2.05) is 31.3 Å². The van der Waals surface area contributed by atoms with Crippen molar-refractivity contribution in [3.05, 3.63) is 97.9 Å². The molecule has 0 aliphatic carbocycles. The summed E-state index contributed by atoms with van der Waals surface area (Å²) >= 11 is 0. The molecule has 182 valence electrons. The number of esters is 2. The Hall–Kier alpha value is -3.98. The zero-order chi connectivity index (χ0) is 25.3. The third kappa shape index (κ3) is 4.67. The molecule has 2 heterocycles. The normalized spacial score (nSPS) is 20.1. The van der Waals surface area contributed by atoms with E-state index >= 15 is 0 Å². The molecule has 0 saturated carbocycles. The van der Waals surface area contributed by atoms with Crippen LogP contribution in [0.25, 0.3) is 0 Å². The molecule has 9 nitrogen and oxygen atoms in total. The van der Waals surface area contributed by atoms with Crippen LogP contribution < -0.4 is 5.32 Å². The number of nitro benzene ring substituents is 1. The molecule has 0 fully saturated rings. The first-order valence-corrected chi connectivity index (χ1v) is 11.2. The second-order valence-electron chi connectivity index (χ2n) is 8.77. The molecule has 2 aromatic rings. The van der Waals surface area contributed by atoms with Gasteiger partial charge >= 0.3 is 11.9 Å². The van der Waals surface area contributed by atoms with E-state index in [1.165, 1.54) is 25.3 Å². The van der Waals surface area contributed by atoms with Gasteiger partial charge in [0, 0.05) is 36.6 Å². The largest absolute Gasteiger partial charge is 0.466 e. The van der Waals surface area contributed by atoms with E-state index in [0.29, 0.717) is 23.5 Å². The number of nitro groups is 1. The number of hydrogen-bond donors (Lipinski definition) is 1. The lowest BCUT2D eigenvalue weighted by Crippen LogP contribution is -2.36. The molecule has 4 rings (SSSR count). The molecule has 2 aromatic carbocycles. The lowest BCUT2D eigenvalue weighted by molar-refractivity contribution is -0.384. The van der Waals surface area contributed by atoms with E-state index in [4.69, 9.17) is 9.47 Å². The molecule has 0 aromatic heterocycles. The molecule has 2 unspecified atom stereocenters. The van der Waals surface area contributed by atoms with Gasteiger partial charge in [-0.2, -0.15) is 0 Å². The number of methoxy groups -OCH3 is 1. The average Bonchev–Trinajstić information content (AvgIpc) is 2.83. The summed E-state index contributed by atoms with van der Waals surface area (Å²) in [5.41, 5.74) is 3.72. The maximum absolute atomic E-state index is 13.7. The monoisotopic (exact) mass is 477 g/mol. The fourth-order valence-electron chi connectivity index (χ4n) is 4.82. The molecule has 0 radical (unpaired) electrons. The molecule has 2 atom stereocenters. The van der Waals surface area contributed by atoms with E-state index in [1.54, 1.807) is 19.9 Å². The molecular formula is C26H27N3O6. The Bertz CT molecular complexity index is 1270. The van der Waals surface area contributed by atoms with Gasteiger partial charge in [0.05, 0.1) is 29.1 Å². The Kier molecular flexibility index (Phi) is 6.70. The quantitative estimate of drug-likeness (QED) is 0.394. The zero-order valence-corrected chi connectivity index (χ0v) is 20.0. The van der Waals surface area contributed by atoms with Crippen molar-refractivity contribution in [1.82, 2.24) is 10.2 Å². The van der Waals surface area contributed by atoms with Gasteiger partial charge in [0.1, 0.15) is 6.10 Å². The minimum atomic E-state index is -0.896. The minimum Gasteiger partial charge on any atom is -0.466 e. The smallest absolute Gasteiger partial charge is 0.337 e. The number of ether oxygens (including phenoxy) is 2. The predicted molar refractivity (Wildman–Crippen MR) is 128 cm³/mol. The second kappa shape index (κ2) is 9.71. The summed E-state index contributed by atoms with van der Waals surface area (Å²) in [7, 11) is 3.21. The molecule has 35 heavy (non-hydrogen) atoms. The molecule has 1 N–H and O–H groups in total. The van der Waals surface area contributed by atoms with Crippen LogP contribution in [0.4, 0.5) is 5.69 Å². The van der Waals surface area contributed by atoms with Crippen LogP contribution in [0.3, 0.4) is 0 Å². The topological polar surface area (TPSA) is 111 Å². The fourth-order valence-corrected chi connectivity index (χ4v) is 4.82. The summed E-state index contributed by atoms with van der Waals surface area (Å²) in [6.07, 6.45) is -0.503. The molecule has 0 spiro atoms. The van der Waals surface area contributed by atoms with Crippen LogP contribution in [-0.4, -0.2) is 42.5 Å². The number of dihydropyridines is 1. The van der Waals surface area contributed by atoms with Gasteiger partial charge in [-0.25, -0.2) is 9.59 Å². The van der Waals surface area contributed by atoms with Gasteiger partial charge in [-0.3, -0.25) is 15.0 Å². The third-order valence-electron chi connectivity index (χ3n) is 6.37. The number of carbonyl (C=O) groups excluding carboxylic acids is 2. The van der Waals surface area contributed by atoms with Crippen molar-refractivity contribution in [2.45, 2.75) is 32.4 Å². The summed E-state index contributed by atoms with van der Waals surface area (Å²) in [5.74, 6) is -2.13. The van der Waals surface area contributed by atoms with Crippen molar-refractivity contribution in [3.63, 3.8) is 0 Å². The molecule has 0 amide bonds. The van der Waals surface area contributed by atoms with Crippen molar-refractivity contribution < 1.29 is 24.0 Å². The number of nitrogens with one attached hydrogen (secondary N) is 1. The molecule has 9 heteroatoms. The molecule has 0 bridgehead atoms. The number of benzene rings is 2. The third-order valence-corrected chi connectivity index (χ3v) is 6.37. The summed E-state index contributed by atoms with van der Waals surface area (Å²) in [4.78, 5) is 39.5. The van der Waals surface area contributed by atoms with Gasteiger partial charge in [-0.1, -0.05) is 36.4 Å². The van der Waals surface area contributed by atoms with Crippen LogP contribution in [0.1, 0.15) is 42.6 Å². The lowest BCUT2D eigenvalue weighted by atomic mass is 9.80. The van der Waals surface area contributed by atoms with Gasteiger partial charge in [0.15, 0.2) is 0 Å². The summed E-state index contributed by atoms with van der Waals surface area (Å²) in [6, 6.07) is 13.7. The van der Waals surface area contributed by atoms with Crippen LogP contribution in [0.2, 0.25) is 0 Å². The van der Waals surface area contributed by atoms with Gasteiger partial charge in [-0.15, -0.1) is 0 Å². The Morgan fingerprint density at radius 2 is 1.74 bits per heavy atom. The fraction of sp³-hybridized carbons (Fsp3) is 0.308. The van der Waals surface area contributed by atoms with Crippen molar-refractivity contribution in [2.75, 3.05) is 20.7 Å². The predicted octanol–water partition coefficient (Wildman–Crippen LogP) is 3.73. The van der Waals surface area contributed by atoms with Crippen LogP contribution in [0.5, 0.6) is 0 Å². The molecule has 2 aliphatic heterocycles. The van der Waals surface area contributed by atoms with Crippen LogP contribution in [0.15, 0.2) is 71.1 Å². The van der Waals surface area contributed by atoms with Crippen molar-refractivity contribution >= 4 is 17.6 Å². The van der Waals surface area contributed by atoms with Crippen molar-refractivity contribution in [3.8, 4) is 0 Å². The first-order valence-electron chi connectivity index (χ1n) is 11.2. The van der Waals surface area contributed by atoms with E-state index in [2.05, 4.69) is 10.2 Å². The number of nitrogens with zero attached hydrogens (tertiary/aromatic N) is 2. The average molecular weight is 478 g/mol. The standard InChI is InChI=1S/C26H27N3O6/c1-15-22(25(30)34-4)24(17-9-7-10-19(12-17)29(32)33)23(16(2)27-15)26(31)35-21-14-28(3)13-18-8-5-6-11-20(18)21/h5-12,21,24,27H,13-14H2,1-4H3. The Morgan fingerprint density at radius 1 is 1.06 bits per heavy atom. The highest BCUT2D eigenvalue weighted by molar-refractivity contribution is 6.00. The number of likely N-dealkylation sites (N-methyl/N-ethyl adjacent to an activating group) is 1. The van der Waals surface area contributed by atoms with E-state index in [0.717, 1.165) is 17.7 Å². The van der Waals surface area contributed by atoms with Crippen LogP contribution in [0, 0.1) is 10.1 Å². The number of carbonyl (C=O) groups is 2. The lowest BCUT2D eigenvalue weighted by Gasteiger charge is -2.34. The summed E-state index contributed by atoms with van der Waals surface area (Å²) in [5, 5.41) is 14.5. The summed E-state index contributed by atoms with van der Waals surface area (Å²) in [6.45, 7) is 4.69. The number of rotatable bonds is 5. The van der Waals surface area contributed by atoms with Crippen LogP contribution >= 0.6 is 0 Å². The molecular weight excluding hydrogens is 450 g/mol. The number of non-ortho nitro benzene ring substituents is 1.